The molecule has 0 atom stereocenters. The van der Waals surface area contributed by atoms with E-state index in [1.54, 1.807) is 12.1 Å². The summed E-state index contributed by atoms with van der Waals surface area (Å²) in [5.74, 6) is 0.409. The van der Waals surface area contributed by atoms with E-state index in [4.69, 9.17) is 4.74 Å². The molecule has 2 aromatic carbocycles. The van der Waals surface area contributed by atoms with Crippen molar-refractivity contribution < 1.29 is 17.9 Å². The van der Waals surface area contributed by atoms with Gasteiger partial charge < -0.3 is 9.30 Å². The Hall–Kier alpha value is -2.94. The number of piperazine rings is 1. The van der Waals surface area contributed by atoms with Crippen molar-refractivity contribution >= 4 is 15.8 Å². The Kier molecular flexibility index (Phi) is 7.17. The number of nitrogens with zero attached hydrogens (tertiary/aromatic N) is 3. The minimum absolute atomic E-state index is 0.0485. The number of hydrogen-bond donors (Lipinski definition) is 0. The summed E-state index contributed by atoms with van der Waals surface area (Å²) in [6.45, 7) is 9.71. The zero-order valence-electron chi connectivity index (χ0n) is 21.0. The number of carbonyl (C=O) groups excluding carboxylic acids is 1. The molecule has 4 rings (SSSR count). The van der Waals surface area contributed by atoms with Crippen molar-refractivity contribution in [2.24, 2.45) is 0 Å². The number of para-hydroxylation sites is 1. The van der Waals surface area contributed by atoms with E-state index in [0.717, 1.165) is 28.2 Å². The van der Waals surface area contributed by atoms with Crippen molar-refractivity contribution in [3.63, 3.8) is 0 Å². The third-order valence-corrected chi connectivity index (χ3v) is 8.76. The molecule has 0 amide bonds. The first-order chi connectivity index (χ1) is 16.6. The summed E-state index contributed by atoms with van der Waals surface area (Å²) < 4.78 is 35.7. The van der Waals surface area contributed by atoms with Crippen molar-refractivity contribution in [3.8, 4) is 11.4 Å². The number of aromatic nitrogens is 1. The van der Waals surface area contributed by atoms with E-state index in [1.807, 2.05) is 69.0 Å². The van der Waals surface area contributed by atoms with Crippen LogP contribution in [0.25, 0.3) is 5.69 Å². The van der Waals surface area contributed by atoms with E-state index < -0.39 is 10.0 Å². The van der Waals surface area contributed by atoms with Gasteiger partial charge in [-0.05, 0) is 69.2 Å². The highest BCUT2D eigenvalue weighted by molar-refractivity contribution is 7.89. The lowest BCUT2D eigenvalue weighted by molar-refractivity contribution is 0.0901. The Morgan fingerprint density at radius 1 is 0.914 bits per heavy atom. The molecule has 1 fully saturated rings. The van der Waals surface area contributed by atoms with Gasteiger partial charge in [-0.2, -0.15) is 4.31 Å². The lowest BCUT2D eigenvalue weighted by Gasteiger charge is -2.33. The van der Waals surface area contributed by atoms with Gasteiger partial charge in [-0.25, -0.2) is 8.42 Å². The van der Waals surface area contributed by atoms with Gasteiger partial charge in [0, 0.05) is 48.8 Å². The monoisotopic (exact) mass is 495 g/mol. The second-order valence-corrected chi connectivity index (χ2v) is 11.1. The second-order valence-electron chi connectivity index (χ2n) is 9.15. The zero-order chi connectivity index (χ0) is 25.3. The molecule has 2 heterocycles. The minimum atomic E-state index is -3.69. The number of ether oxygens (including phenoxy) is 1. The van der Waals surface area contributed by atoms with Crippen LogP contribution in [-0.2, 0) is 10.0 Å². The quantitative estimate of drug-likeness (QED) is 0.465. The number of carbonyl (C=O) groups is 1. The van der Waals surface area contributed by atoms with Crippen molar-refractivity contribution in [3.05, 3.63) is 76.6 Å². The maximum absolute atomic E-state index is 13.4. The highest BCUT2D eigenvalue weighted by Gasteiger charge is 2.32. The highest BCUT2D eigenvalue weighted by atomic mass is 32.2. The molecule has 0 radical (unpaired) electrons. The smallest absolute Gasteiger partial charge is 0.246 e. The summed E-state index contributed by atoms with van der Waals surface area (Å²) in [4.78, 5) is 15.4. The zero-order valence-corrected chi connectivity index (χ0v) is 21.9. The summed E-state index contributed by atoms with van der Waals surface area (Å²) in [6, 6.07) is 15.4. The van der Waals surface area contributed by atoms with Gasteiger partial charge in [-0.3, -0.25) is 9.69 Å². The fourth-order valence-electron chi connectivity index (χ4n) is 4.70. The average Bonchev–Trinajstić information content (AvgIpc) is 3.15. The fraction of sp³-hybridized carbons (Fsp3) is 0.370. The average molecular weight is 496 g/mol. The molecule has 8 heteroatoms. The summed E-state index contributed by atoms with van der Waals surface area (Å²) in [5.41, 5.74) is 5.55. The van der Waals surface area contributed by atoms with Gasteiger partial charge in [0.2, 0.25) is 10.0 Å². The molecule has 0 bridgehead atoms. The van der Waals surface area contributed by atoms with Crippen LogP contribution in [0.3, 0.4) is 0 Å². The van der Waals surface area contributed by atoms with Crippen LogP contribution in [0.15, 0.2) is 53.4 Å². The number of ketones is 1. The van der Waals surface area contributed by atoms with Gasteiger partial charge >= 0.3 is 0 Å². The molecule has 1 aliphatic heterocycles. The van der Waals surface area contributed by atoms with Crippen molar-refractivity contribution in [2.45, 2.75) is 32.6 Å². The second kappa shape index (κ2) is 9.97. The van der Waals surface area contributed by atoms with Gasteiger partial charge in [0.25, 0.3) is 0 Å². The molecule has 35 heavy (non-hydrogen) atoms. The predicted molar refractivity (Wildman–Crippen MR) is 137 cm³/mol. The van der Waals surface area contributed by atoms with Crippen LogP contribution >= 0.6 is 0 Å². The minimum Gasteiger partial charge on any atom is -0.495 e. The molecule has 1 saturated heterocycles. The highest BCUT2D eigenvalue weighted by Crippen LogP contribution is 2.30. The van der Waals surface area contributed by atoms with Gasteiger partial charge in [0.05, 0.1) is 13.7 Å². The molecule has 0 unspecified atom stereocenters. The predicted octanol–water partition coefficient (Wildman–Crippen LogP) is 3.91. The molecule has 186 valence electrons. The van der Waals surface area contributed by atoms with E-state index in [1.165, 1.54) is 11.4 Å². The molecule has 0 N–H and O–H groups in total. The van der Waals surface area contributed by atoms with Crippen LogP contribution in [0.4, 0.5) is 0 Å². The van der Waals surface area contributed by atoms with E-state index in [9.17, 15) is 13.2 Å². The maximum atomic E-state index is 13.4. The van der Waals surface area contributed by atoms with Crippen molar-refractivity contribution in [2.75, 3.05) is 39.8 Å². The number of rotatable bonds is 7. The molecule has 1 aliphatic rings. The topological polar surface area (TPSA) is 71.9 Å². The number of hydrogen-bond acceptors (Lipinski definition) is 5. The normalized spacial score (nSPS) is 15.3. The first kappa shape index (κ1) is 25.2. The Bertz CT molecular complexity index is 1340. The SMILES string of the molecule is COc1cc(C)c(C)cc1S(=O)(=O)N1CCN(CC(=O)c2cc(C)n(-c3ccccc3)c2C)CC1. The first-order valence-electron chi connectivity index (χ1n) is 11.8. The largest absolute Gasteiger partial charge is 0.495 e. The van der Waals surface area contributed by atoms with E-state index in [-0.39, 0.29) is 17.2 Å². The number of Topliss-reactive ketones (excluding diaryl/α,β-unsaturated/α-hetero) is 1. The Labute approximate surface area is 208 Å². The first-order valence-corrected chi connectivity index (χ1v) is 13.2. The van der Waals surface area contributed by atoms with Crippen LogP contribution in [-0.4, -0.2) is 67.8 Å². The Morgan fingerprint density at radius 2 is 1.54 bits per heavy atom. The molecule has 0 saturated carbocycles. The van der Waals surface area contributed by atoms with Crippen LogP contribution in [0.2, 0.25) is 0 Å². The summed E-state index contributed by atoms with van der Waals surface area (Å²) in [5, 5.41) is 0. The summed E-state index contributed by atoms with van der Waals surface area (Å²) in [7, 11) is -2.21. The number of sulfonamides is 1. The molecule has 0 spiro atoms. The molecule has 3 aromatic rings. The molecular formula is C27H33N3O4S. The van der Waals surface area contributed by atoms with Gasteiger partial charge in [0.1, 0.15) is 10.6 Å². The molecule has 0 aliphatic carbocycles. The lowest BCUT2D eigenvalue weighted by atomic mass is 10.1. The molecular weight excluding hydrogens is 462 g/mol. The third kappa shape index (κ3) is 4.91. The van der Waals surface area contributed by atoms with Crippen molar-refractivity contribution in [1.29, 1.82) is 0 Å². The lowest BCUT2D eigenvalue weighted by Crippen LogP contribution is -2.49. The van der Waals surface area contributed by atoms with Crippen LogP contribution < -0.4 is 4.74 Å². The molecule has 7 nitrogen and oxygen atoms in total. The van der Waals surface area contributed by atoms with Gasteiger partial charge in [0.15, 0.2) is 5.78 Å². The maximum Gasteiger partial charge on any atom is 0.246 e. The van der Waals surface area contributed by atoms with E-state index >= 15 is 0 Å². The van der Waals surface area contributed by atoms with Crippen LogP contribution in [0.5, 0.6) is 5.75 Å². The van der Waals surface area contributed by atoms with Gasteiger partial charge in [-0.1, -0.05) is 18.2 Å². The van der Waals surface area contributed by atoms with Crippen LogP contribution in [0, 0.1) is 27.7 Å². The summed E-state index contributed by atoms with van der Waals surface area (Å²) >= 11 is 0. The Balaban J connectivity index is 1.45. The van der Waals surface area contributed by atoms with Crippen molar-refractivity contribution in [1.82, 2.24) is 13.8 Å². The Morgan fingerprint density at radius 3 is 2.17 bits per heavy atom. The number of methoxy groups -OCH3 is 1. The number of aryl methyl sites for hydroxylation is 3. The summed E-state index contributed by atoms with van der Waals surface area (Å²) in [6.07, 6.45) is 0. The third-order valence-electron chi connectivity index (χ3n) is 6.84. The van der Waals surface area contributed by atoms with E-state index in [0.29, 0.717) is 37.5 Å². The van der Waals surface area contributed by atoms with Crippen LogP contribution in [0.1, 0.15) is 32.9 Å². The molecule has 1 aromatic heterocycles. The number of benzene rings is 2. The standard InChI is InChI=1S/C27H33N3O4S/c1-19-15-26(34-5)27(16-20(19)2)35(32,33)29-13-11-28(12-14-29)18-25(31)24-17-21(3)30(22(24)4)23-9-7-6-8-10-23/h6-10,15-17H,11-14,18H2,1-5H3. The fourth-order valence-corrected chi connectivity index (χ4v) is 6.34. The van der Waals surface area contributed by atoms with Gasteiger partial charge in [-0.15, -0.1) is 0 Å². The van der Waals surface area contributed by atoms with E-state index in [2.05, 4.69) is 4.57 Å².